The molecule has 1 aromatic heterocycles. The minimum Gasteiger partial charge on any atom is -0.260 e. The van der Waals surface area contributed by atoms with Crippen LogP contribution in [0.2, 0.25) is 10.0 Å². The van der Waals surface area contributed by atoms with Crippen molar-refractivity contribution in [1.82, 2.24) is 4.98 Å². The van der Waals surface area contributed by atoms with E-state index in [9.17, 15) is 0 Å². The smallest absolute Gasteiger partial charge is 0.165 e. The molecule has 2 rings (SSSR count). The summed E-state index contributed by atoms with van der Waals surface area (Å²) >= 11 is 11.9. The molecule has 5 heteroatoms. The van der Waals surface area contributed by atoms with Crippen molar-refractivity contribution >= 4 is 34.7 Å². The van der Waals surface area contributed by atoms with Crippen LogP contribution in [0.3, 0.4) is 0 Å². The lowest BCUT2D eigenvalue weighted by Crippen LogP contribution is -2.06. The third kappa shape index (κ3) is 3.74. The van der Waals surface area contributed by atoms with Gasteiger partial charge in [-0.05, 0) is 44.9 Å². The predicted molar refractivity (Wildman–Crippen MR) is 90.7 cm³/mol. The molecular weight excluding hydrogens is 305 g/mol. The van der Waals surface area contributed by atoms with E-state index < -0.39 is 0 Å². The second-order valence-electron chi connectivity index (χ2n) is 5.07. The fourth-order valence-corrected chi connectivity index (χ4v) is 2.86. The minimum atomic E-state index is 0.441. The van der Waals surface area contributed by atoms with Gasteiger partial charge in [0, 0.05) is 11.8 Å². The number of anilines is 1. The van der Waals surface area contributed by atoms with Crippen LogP contribution in [0.4, 0.5) is 5.82 Å². The number of nitrogens with one attached hydrogen (secondary N) is 1. The van der Waals surface area contributed by atoms with Gasteiger partial charge in [0.05, 0.1) is 15.8 Å². The number of hydrogen-bond acceptors (Lipinski definition) is 3. The molecule has 2 aromatic rings. The number of hydrazone groups is 1. The molecule has 0 unspecified atom stereocenters. The summed E-state index contributed by atoms with van der Waals surface area (Å²) in [7, 11) is 0. The van der Waals surface area contributed by atoms with Crippen LogP contribution in [0.15, 0.2) is 29.5 Å². The summed E-state index contributed by atoms with van der Waals surface area (Å²) in [6.45, 7) is 8.22. The molecule has 0 fully saturated rings. The Labute approximate surface area is 135 Å². The number of rotatable bonds is 3. The van der Waals surface area contributed by atoms with Crippen LogP contribution in [0.1, 0.15) is 29.2 Å². The largest absolute Gasteiger partial charge is 0.260 e. The van der Waals surface area contributed by atoms with Crippen LogP contribution in [0, 0.1) is 20.8 Å². The maximum absolute atomic E-state index is 6.06. The number of aryl methyl sites for hydroxylation is 3. The Bertz CT molecular complexity index is 686. The Hall–Kier alpha value is -1.58. The van der Waals surface area contributed by atoms with E-state index in [2.05, 4.69) is 48.4 Å². The lowest BCUT2D eigenvalue weighted by atomic mass is 9.97. The molecule has 0 atom stereocenters. The molecule has 0 aliphatic carbocycles. The Morgan fingerprint density at radius 2 is 1.71 bits per heavy atom. The number of halogens is 2. The molecule has 0 amide bonds. The number of benzene rings is 1. The summed E-state index contributed by atoms with van der Waals surface area (Å²) in [6.07, 6.45) is 1.53. The molecule has 1 heterocycles. The summed E-state index contributed by atoms with van der Waals surface area (Å²) in [4.78, 5) is 4.12. The molecule has 0 radical (unpaired) electrons. The van der Waals surface area contributed by atoms with E-state index in [0.29, 0.717) is 15.9 Å². The summed E-state index contributed by atoms with van der Waals surface area (Å²) in [6, 6.07) is 5.93. The minimum absolute atomic E-state index is 0.441. The number of nitrogens with zero attached hydrogens (tertiary/aromatic N) is 2. The summed E-state index contributed by atoms with van der Waals surface area (Å²) in [5.74, 6) is 0.489. The first-order valence-electron chi connectivity index (χ1n) is 6.58. The third-order valence-corrected chi connectivity index (χ3v) is 3.67. The third-order valence-electron chi connectivity index (χ3n) is 3.18. The van der Waals surface area contributed by atoms with Gasteiger partial charge in [-0.3, -0.25) is 5.43 Å². The highest BCUT2D eigenvalue weighted by Crippen LogP contribution is 2.23. The molecule has 0 saturated heterocycles. The molecule has 0 saturated carbocycles. The van der Waals surface area contributed by atoms with Gasteiger partial charge in [0.1, 0.15) is 0 Å². The fourth-order valence-electron chi connectivity index (χ4n) is 2.44. The van der Waals surface area contributed by atoms with E-state index in [1.54, 1.807) is 6.07 Å². The number of pyridine rings is 1. The van der Waals surface area contributed by atoms with Gasteiger partial charge in [0.2, 0.25) is 0 Å². The zero-order valence-corrected chi connectivity index (χ0v) is 14.0. The van der Waals surface area contributed by atoms with Crippen LogP contribution in [-0.2, 0) is 0 Å². The van der Waals surface area contributed by atoms with Crippen molar-refractivity contribution in [2.24, 2.45) is 5.10 Å². The van der Waals surface area contributed by atoms with E-state index >= 15 is 0 Å². The normalized spacial score (nSPS) is 11.6. The van der Waals surface area contributed by atoms with Crippen LogP contribution in [-0.4, -0.2) is 10.7 Å². The van der Waals surface area contributed by atoms with Gasteiger partial charge in [-0.25, -0.2) is 4.98 Å². The first kappa shape index (κ1) is 15.8. The first-order chi connectivity index (χ1) is 9.88. The summed E-state index contributed by atoms with van der Waals surface area (Å²) in [5, 5.41) is 5.32. The maximum Gasteiger partial charge on any atom is 0.165 e. The van der Waals surface area contributed by atoms with Gasteiger partial charge in [0.25, 0.3) is 0 Å². The van der Waals surface area contributed by atoms with Crippen molar-refractivity contribution in [2.45, 2.75) is 27.7 Å². The molecular formula is C16H17Cl2N3. The van der Waals surface area contributed by atoms with Gasteiger partial charge in [-0.2, -0.15) is 5.10 Å². The second kappa shape index (κ2) is 6.46. The molecule has 0 aliphatic rings. The van der Waals surface area contributed by atoms with E-state index in [4.69, 9.17) is 23.2 Å². The average Bonchev–Trinajstić information content (AvgIpc) is 2.36. The van der Waals surface area contributed by atoms with Crippen molar-refractivity contribution in [3.05, 3.63) is 56.7 Å². The highest BCUT2D eigenvalue weighted by Gasteiger charge is 2.08. The summed E-state index contributed by atoms with van der Waals surface area (Å²) in [5.41, 5.74) is 8.56. The standard InChI is InChI=1S/C16H17Cl2N3/c1-9-5-10(2)15(11(3)6-9)12(4)20-21-16-14(18)7-13(17)8-19-16/h5-8H,1-4H3,(H,19,21)/b20-12-. The molecule has 1 aromatic carbocycles. The van der Waals surface area contributed by atoms with Crippen molar-refractivity contribution in [3.63, 3.8) is 0 Å². The quantitative estimate of drug-likeness (QED) is 0.627. The highest BCUT2D eigenvalue weighted by molar-refractivity contribution is 6.35. The van der Waals surface area contributed by atoms with Crippen molar-refractivity contribution in [3.8, 4) is 0 Å². The first-order valence-corrected chi connectivity index (χ1v) is 7.33. The Kier molecular flexibility index (Phi) is 4.86. The monoisotopic (exact) mass is 321 g/mol. The topological polar surface area (TPSA) is 37.3 Å². The van der Waals surface area contributed by atoms with E-state index in [0.717, 1.165) is 11.3 Å². The average molecular weight is 322 g/mol. The molecule has 0 bridgehead atoms. The van der Waals surface area contributed by atoms with Gasteiger partial charge in [-0.1, -0.05) is 40.9 Å². The van der Waals surface area contributed by atoms with E-state index in [1.165, 1.54) is 22.9 Å². The number of aromatic nitrogens is 1. The van der Waals surface area contributed by atoms with Gasteiger partial charge >= 0.3 is 0 Å². The fraction of sp³-hybridized carbons (Fsp3) is 0.250. The molecule has 0 aliphatic heterocycles. The van der Waals surface area contributed by atoms with Crippen molar-refractivity contribution < 1.29 is 0 Å². The second-order valence-corrected chi connectivity index (χ2v) is 5.91. The van der Waals surface area contributed by atoms with Gasteiger partial charge in [0.15, 0.2) is 5.82 Å². The Morgan fingerprint density at radius 3 is 2.29 bits per heavy atom. The van der Waals surface area contributed by atoms with Crippen LogP contribution >= 0.6 is 23.2 Å². The molecule has 0 spiro atoms. The molecule has 3 nitrogen and oxygen atoms in total. The number of hydrogen-bond donors (Lipinski definition) is 1. The lowest BCUT2D eigenvalue weighted by Gasteiger charge is -2.11. The molecule has 21 heavy (non-hydrogen) atoms. The van der Waals surface area contributed by atoms with Crippen LogP contribution < -0.4 is 5.43 Å². The predicted octanol–water partition coefficient (Wildman–Crippen LogP) is 5.15. The zero-order valence-electron chi connectivity index (χ0n) is 12.5. The lowest BCUT2D eigenvalue weighted by molar-refractivity contribution is 1.21. The van der Waals surface area contributed by atoms with Gasteiger partial charge < -0.3 is 0 Å². The zero-order chi connectivity index (χ0) is 15.6. The van der Waals surface area contributed by atoms with Crippen molar-refractivity contribution in [2.75, 3.05) is 5.43 Å². The Balaban J connectivity index is 2.30. The highest BCUT2D eigenvalue weighted by atomic mass is 35.5. The van der Waals surface area contributed by atoms with E-state index in [1.807, 2.05) is 6.92 Å². The van der Waals surface area contributed by atoms with E-state index in [-0.39, 0.29) is 0 Å². The SMILES string of the molecule is C/C(=N/Nc1ncc(Cl)cc1Cl)c1c(C)cc(C)cc1C. The van der Waals surface area contributed by atoms with Crippen molar-refractivity contribution in [1.29, 1.82) is 0 Å². The molecule has 110 valence electrons. The van der Waals surface area contributed by atoms with Crippen LogP contribution in [0.25, 0.3) is 0 Å². The summed E-state index contributed by atoms with van der Waals surface area (Å²) < 4.78 is 0. The Morgan fingerprint density at radius 1 is 1.10 bits per heavy atom. The van der Waals surface area contributed by atoms with Gasteiger partial charge in [-0.15, -0.1) is 0 Å². The van der Waals surface area contributed by atoms with Crippen LogP contribution in [0.5, 0.6) is 0 Å². The molecule has 1 N–H and O–H groups in total. The maximum atomic E-state index is 6.06.